The van der Waals surface area contributed by atoms with Crippen molar-refractivity contribution >= 4 is 28.2 Å². The summed E-state index contributed by atoms with van der Waals surface area (Å²) in [5.41, 5.74) is 10.4. The number of nitrogens with one attached hydrogen (secondary N) is 3. The summed E-state index contributed by atoms with van der Waals surface area (Å²) in [4.78, 5) is 17.6. The Morgan fingerprint density at radius 3 is 2.61 bits per heavy atom. The van der Waals surface area contributed by atoms with Crippen LogP contribution in [0, 0.1) is 0 Å². The molecule has 1 fully saturated rings. The number of carbonyl (C=O) groups excluding carboxylic acids is 1. The molecular formula is C28H35N7O. The fourth-order valence-electron chi connectivity index (χ4n) is 5.04. The molecule has 0 spiro atoms. The number of allylic oxidation sites excluding steroid dienone is 2. The highest BCUT2D eigenvalue weighted by atomic mass is 16.1. The van der Waals surface area contributed by atoms with Crippen molar-refractivity contribution in [3.8, 4) is 0 Å². The predicted octanol–water partition coefficient (Wildman–Crippen LogP) is 3.41. The molecule has 1 atom stereocenters. The Hall–Kier alpha value is -3.78. The number of hydrogen-bond donors (Lipinski definition) is 4. The average Bonchev–Trinajstić information content (AvgIpc) is 3.32. The third kappa shape index (κ3) is 4.33. The van der Waals surface area contributed by atoms with Crippen LogP contribution in [-0.2, 0) is 15.9 Å². The third-order valence-corrected chi connectivity index (χ3v) is 7.21. The zero-order chi connectivity index (χ0) is 25.5. The zero-order valence-corrected chi connectivity index (χ0v) is 21.4. The highest BCUT2D eigenvalue weighted by Gasteiger charge is 2.42. The number of amides is 1. The second-order valence-corrected chi connectivity index (χ2v) is 10.8. The van der Waals surface area contributed by atoms with Crippen LogP contribution >= 0.6 is 0 Å². The van der Waals surface area contributed by atoms with E-state index in [-0.39, 0.29) is 5.41 Å². The van der Waals surface area contributed by atoms with Crippen molar-refractivity contribution < 1.29 is 4.79 Å². The molecule has 1 amide bonds. The van der Waals surface area contributed by atoms with E-state index >= 15 is 0 Å². The third-order valence-electron chi connectivity index (χ3n) is 7.21. The van der Waals surface area contributed by atoms with E-state index in [2.05, 4.69) is 76.6 Å². The number of dihydropyridines is 1. The molecule has 2 aliphatic heterocycles. The van der Waals surface area contributed by atoms with Crippen molar-refractivity contribution in [2.24, 2.45) is 5.73 Å². The molecule has 8 nitrogen and oxygen atoms in total. The van der Waals surface area contributed by atoms with Crippen molar-refractivity contribution in [3.63, 3.8) is 0 Å². The highest BCUT2D eigenvalue weighted by molar-refractivity contribution is 5.97. The SMILES string of the molecule is CN1CCN(c2cc(C(C)(C)C)ccc2C2(Nc3ccc4cn[nH]c4c3)NC=CC=C2C(N)=O)CC1. The van der Waals surface area contributed by atoms with Crippen LogP contribution < -0.4 is 21.3 Å². The Labute approximate surface area is 212 Å². The number of hydrogen-bond acceptors (Lipinski definition) is 6. The maximum atomic E-state index is 12.9. The molecular weight excluding hydrogens is 450 g/mol. The van der Waals surface area contributed by atoms with Crippen LogP contribution in [0.1, 0.15) is 31.9 Å². The molecule has 3 heterocycles. The van der Waals surface area contributed by atoms with E-state index in [4.69, 9.17) is 5.73 Å². The Kier molecular flexibility index (Phi) is 6.00. The number of carbonyl (C=O) groups is 1. The quantitative estimate of drug-likeness (QED) is 0.442. The molecule has 1 unspecified atom stereocenters. The molecule has 1 aromatic heterocycles. The molecule has 1 saturated heterocycles. The van der Waals surface area contributed by atoms with Gasteiger partial charge in [-0.15, -0.1) is 0 Å². The smallest absolute Gasteiger partial charge is 0.249 e. The lowest BCUT2D eigenvalue weighted by Crippen LogP contribution is -2.54. The van der Waals surface area contributed by atoms with E-state index in [1.54, 1.807) is 12.3 Å². The molecule has 2 aliphatic rings. The van der Waals surface area contributed by atoms with Gasteiger partial charge in [-0.05, 0) is 60.6 Å². The lowest BCUT2D eigenvalue weighted by Gasteiger charge is -2.43. The summed E-state index contributed by atoms with van der Waals surface area (Å²) in [6, 6.07) is 12.6. The van der Waals surface area contributed by atoms with Crippen molar-refractivity contribution in [2.45, 2.75) is 31.8 Å². The van der Waals surface area contributed by atoms with Gasteiger partial charge >= 0.3 is 0 Å². The van der Waals surface area contributed by atoms with E-state index in [9.17, 15) is 4.79 Å². The Morgan fingerprint density at radius 2 is 1.89 bits per heavy atom. The minimum atomic E-state index is -1.05. The predicted molar refractivity (Wildman–Crippen MR) is 146 cm³/mol. The van der Waals surface area contributed by atoms with Gasteiger partial charge < -0.3 is 26.2 Å². The number of nitrogens with zero attached hydrogens (tertiary/aromatic N) is 3. The van der Waals surface area contributed by atoms with Gasteiger partial charge in [-0.2, -0.15) is 5.10 Å². The number of fused-ring (bicyclic) bond motifs is 1. The summed E-state index contributed by atoms with van der Waals surface area (Å²) in [6.45, 7) is 10.4. The van der Waals surface area contributed by atoms with Crippen molar-refractivity contribution in [2.75, 3.05) is 43.4 Å². The van der Waals surface area contributed by atoms with Gasteiger partial charge in [0.25, 0.3) is 0 Å². The van der Waals surface area contributed by atoms with Crippen molar-refractivity contribution in [3.05, 3.63) is 77.6 Å². The van der Waals surface area contributed by atoms with Crippen LogP contribution in [0.25, 0.3) is 10.9 Å². The number of rotatable bonds is 5. The molecule has 2 aromatic carbocycles. The number of piperazine rings is 1. The van der Waals surface area contributed by atoms with Gasteiger partial charge in [-0.1, -0.05) is 32.9 Å². The van der Waals surface area contributed by atoms with Gasteiger partial charge in [0.05, 0.1) is 17.3 Å². The van der Waals surface area contributed by atoms with Gasteiger partial charge in [-0.25, -0.2) is 0 Å². The lowest BCUT2D eigenvalue weighted by atomic mass is 9.81. The molecule has 0 aliphatic carbocycles. The van der Waals surface area contributed by atoms with Crippen LogP contribution in [0.4, 0.5) is 11.4 Å². The number of likely N-dealkylation sites (N-methyl/N-ethyl adjacent to an activating group) is 1. The van der Waals surface area contributed by atoms with Crippen LogP contribution in [-0.4, -0.2) is 54.2 Å². The topological polar surface area (TPSA) is 102 Å². The fraction of sp³-hybridized carbons (Fsp3) is 0.357. The number of H-pyrrole nitrogens is 1. The second-order valence-electron chi connectivity index (χ2n) is 10.8. The fourth-order valence-corrected chi connectivity index (χ4v) is 5.04. The van der Waals surface area contributed by atoms with E-state index in [0.29, 0.717) is 5.57 Å². The number of primary amides is 1. The molecule has 188 valence electrons. The van der Waals surface area contributed by atoms with Crippen molar-refractivity contribution in [1.29, 1.82) is 0 Å². The molecule has 8 heteroatoms. The Bertz CT molecular complexity index is 1340. The lowest BCUT2D eigenvalue weighted by molar-refractivity contribution is -0.115. The van der Waals surface area contributed by atoms with Gasteiger partial charge in [0.2, 0.25) is 5.91 Å². The molecule has 3 aromatic rings. The largest absolute Gasteiger partial charge is 0.369 e. The minimum Gasteiger partial charge on any atom is -0.369 e. The van der Waals surface area contributed by atoms with Gasteiger partial charge in [0.15, 0.2) is 5.66 Å². The number of aromatic nitrogens is 2. The highest BCUT2D eigenvalue weighted by Crippen LogP contribution is 2.41. The molecule has 5 N–H and O–H groups in total. The average molecular weight is 486 g/mol. The number of anilines is 2. The maximum absolute atomic E-state index is 12.9. The summed E-state index contributed by atoms with van der Waals surface area (Å²) < 4.78 is 0. The van der Waals surface area contributed by atoms with E-state index in [1.807, 2.05) is 30.5 Å². The maximum Gasteiger partial charge on any atom is 0.249 e. The molecule has 0 radical (unpaired) electrons. The molecule has 0 bridgehead atoms. The molecule has 5 rings (SSSR count). The standard InChI is InChI=1S/C28H35N7O/c1-27(2,3)20-8-10-22(25(16-20)35-14-12-34(4)13-15-35)28(23(26(29)36)6-5-11-30-28)32-21-9-7-19-18-31-33-24(19)17-21/h5-11,16-18,30,32H,12-15H2,1-4H3,(H2,29,36)(H,31,33). The van der Waals surface area contributed by atoms with Gasteiger partial charge in [-0.3, -0.25) is 9.89 Å². The first-order chi connectivity index (χ1) is 17.2. The monoisotopic (exact) mass is 485 g/mol. The van der Waals surface area contributed by atoms with Gasteiger partial charge in [0, 0.05) is 48.5 Å². The summed E-state index contributed by atoms with van der Waals surface area (Å²) in [5.74, 6) is -0.480. The first-order valence-corrected chi connectivity index (χ1v) is 12.4. The minimum absolute atomic E-state index is 0.0195. The Balaban J connectivity index is 1.70. The second kappa shape index (κ2) is 9.02. The van der Waals surface area contributed by atoms with E-state index < -0.39 is 11.6 Å². The number of nitrogens with two attached hydrogens (primary N) is 1. The van der Waals surface area contributed by atoms with Crippen LogP contribution in [0.3, 0.4) is 0 Å². The van der Waals surface area contributed by atoms with E-state index in [0.717, 1.165) is 54.0 Å². The van der Waals surface area contributed by atoms with Crippen LogP contribution in [0.15, 0.2) is 66.5 Å². The number of aromatic amines is 1. The van der Waals surface area contributed by atoms with Gasteiger partial charge in [0.1, 0.15) is 0 Å². The summed E-state index contributed by atoms with van der Waals surface area (Å²) in [6.07, 6.45) is 7.27. The zero-order valence-electron chi connectivity index (χ0n) is 21.4. The van der Waals surface area contributed by atoms with Crippen LogP contribution in [0.2, 0.25) is 0 Å². The van der Waals surface area contributed by atoms with Crippen LogP contribution in [0.5, 0.6) is 0 Å². The molecule has 0 saturated carbocycles. The normalized spacial score (nSPS) is 20.8. The van der Waals surface area contributed by atoms with Crippen molar-refractivity contribution in [1.82, 2.24) is 20.4 Å². The van der Waals surface area contributed by atoms with E-state index in [1.165, 1.54) is 5.56 Å². The Morgan fingerprint density at radius 1 is 1.11 bits per heavy atom. The summed E-state index contributed by atoms with van der Waals surface area (Å²) in [7, 11) is 2.15. The molecule has 36 heavy (non-hydrogen) atoms. The first-order valence-electron chi connectivity index (χ1n) is 12.4. The summed E-state index contributed by atoms with van der Waals surface area (Å²) in [5, 5.41) is 15.3. The first kappa shape index (κ1) is 23.9. The number of benzene rings is 2. The summed E-state index contributed by atoms with van der Waals surface area (Å²) >= 11 is 0.